The van der Waals surface area contributed by atoms with Gasteiger partial charge < -0.3 is 5.32 Å². The van der Waals surface area contributed by atoms with Gasteiger partial charge in [-0.2, -0.15) is 0 Å². The zero-order valence-corrected chi connectivity index (χ0v) is 14.3. The molecule has 2 rings (SSSR count). The lowest BCUT2D eigenvalue weighted by molar-refractivity contribution is 0.150. The summed E-state index contributed by atoms with van der Waals surface area (Å²) < 4.78 is 26.8. The zero-order chi connectivity index (χ0) is 16.3. The Morgan fingerprint density at radius 2 is 1.91 bits per heavy atom. The van der Waals surface area contributed by atoms with E-state index in [1.807, 2.05) is 6.92 Å². The first-order valence-electron chi connectivity index (χ1n) is 8.62. The first kappa shape index (κ1) is 17.4. The van der Waals surface area contributed by atoms with Gasteiger partial charge in [-0.05, 0) is 66.5 Å². The number of nitrogens with one attached hydrogen (secondary N) is 1. The molecule has 1 aromatic carbocycles. The van der Waals surface area contributed by atoms with E-state index in [1.54, 1.807) is 6.07 Å². The minimum absolute atomic E-state index is 0.245. The van der Waals surface area contributed by atoms with Gasteiger partial charge in [0.2, 0.25) is 0 Å². The molecule has 124 valence electrons. The molecule has 0 amide bonds. The zero-order valence-electron chi connectivity index (χ0n) is 14.3. The van der Waals surface area contributed by atoms with E-state index >= 15 is 0 Å². The Morgan fingerprint density at radius 1 is 1.18 bits per heavy atom. The van der Waals surface area contributed by atoms with Crippen LogP contribution < -0.4 is 5.32 Å². The van der Waals surface area contributed by atoms with Crippen molar-refractivity contribution in [3.8, 4) is 0 Å². The van der Waals surface area contributed by atoms with Crippen molar-refractivity contribution in [2.24, 2.45) is 11.8 Å². The summed E-state index contributed by atoms with van der Waals surface area (Å²) in [7, 11) is 0. The number of rotatable bonds is 6. The molecule has 0 saturated heterocycles. The summed E-state index contributed by atoms with van der Waals surface area (Å²) >= 11 is 0. The van der Waals surface area contributed by atoms with Crippen LogP contribution in [0.5, 0.6) is 0 Å². The maximum absolute atomic E-state index is 13.4. The highest BCUT2D eigenvalue weighted by atomic mass is 19.3. The van der Waals surface area contributed by atoms with Crippen LogP contribution in [0.25, 0.3) is 0 Å². The summed E-state index contributed by atoms with van der Waals surface area (Å²) in [5, 5.41) is 3.40. The van der Waals surface area contributed by atoms with Crippen LogP contribution in [0.15, 0.2) is 6.07 Å². The molecular weight excluding hydrogens is 280 g/mol. The second-order valence-corrected chi connectivity index (χ2v) is 6.69. The Hall–Kier alpha value is -0.960. The van der Waals surface area contributed by atoms with Crippen molar-refractivity contribution >= 4 is 0 Å². The van der Waals surface area contributed by atoms with Crippen molar-refractivity contribution in [2.45, 2.75) is 66.3 Å². The molecule has 1 aliphatic heterocycles. The van der Waals surface area contributed by atoms with E-state index in [-0.39, 0.29) is 5.56 Å². The SMILES string of the molecule is CCC(C)C(CC)Cc1cc(C(F)F)c(C)c2c1CNCC2. The Bertz CT molecular complexity index is 511. The smallest absolute Gasteiger partial charge is 0.264 e. The van der Waals surface area contributed by atoms with E-state index in [1.165, 1.54) is 11.1 Å². The van der Waals surface area contributed by atoms with Crippen LogP contribution in [0.3, 0.4) is 0 Å². The fourth-order valence-electron chi connectivity index (χ4n) is 3.74. The van der Waals surface area contributed by atoms with Crippen LogP contribution in [0.2, 0.25) is 0 Å². The lowest BCUT2D eigenvalue weighted by Crippen LogP contribution is -2.27. The quantitative estimate of drug-likeness (QED) is 0.762. The van der Waals surface area contributed by atoms with Crippen LogP contribution in [0, 0.1) is 18.8 Å². The molecule has 3 heteroatoms. The largest absolute Gasteiger partial charge is 0.312 e. The van der Waals surface area contributed by atoms with Crippen LogP contribution in [0.1, 0.15) is 67.9 Å². The summed E-state index contributed by atoms with van der Waals surface area (Å²) in [6.07, 6.45) is 1.68. The Balaban J connectivity index is 2.43. The minimum atomic E-state index is -2.37. The van der Waals surface area contributed by atoms with Crippen molar-refractivity contribution in [3.63, 3.8) is 0 Å². The van der Waals surface area contributed by atoms with Crippen molar-refractivity contribution in [1.29, 1.82) is 0 Å². The third-order valence-corrected chi connectivity index (χ3v) is 5.51. The Labute approximate surface area is 133 Å². The number of alkyl halides is 2. The summed E-state index contributed by atoms with van der Waals surface area (Å²) in [5.74, 6) is 1.21. The molecule has 22 heavy (non-hydrogen) atoms. The topological polar surface area (TPSA) is 12.0 Å². The lowest BCUT2D eigenvalue weighted by Gasteiger charge is -2.28. The van der Waals surface area contributed by atoms with Crippen molar-refractivity contribution in [2.75, 3.05) is 6.54 Å². The molecule has 2 unspecified atom stereocenters. The van der Waals surface area contributed by atoms with Gasteiger partial charge >= 0.3 is 0 Å². The summed E-state index contributed by atoms with van der Waals surface area (Å²) in [6.45, 7) is 10.3. The van der Waals surface area contributed by atoms with Gasteiger partial charge in [0.05, 0.1) is 0 Å². The predicted molar refractivity (Wildman–Crippen MR) is 88.5 cm³/mol. The molecule has 0 bridgehead atoms. The molecule has 1 N–H and O–H groups in total. The molecule has 0 saturated carbocycles. The molecular formula is C19H29F2N. The highest BCUT2D eigenvalue weighted by molar-refractivity contribution is 5.47. The molecule has 0 spiro atoms. The van der Waals surface area contributed by atoms with Crippen LogP contribution in [-0.4, -0.2) is 6.54 Å². The fraction of sp³-hybridized carbons (Fsp3) is 0.684. The molecule has 0 aliphatic carbocycles. The van der Waals surface area contributed by atoms with E-state index in [4.69, 9.17) is 0 Å². The van der Waals surface area contributed by atoms with Gasteiger partial charge in [-0.15, -0.1) is 0 Å². The molecule has 0 radical (unpaired) electrons. The Kier molecular flexibility index (Phi) is 5.96. The molecule has 0 fully saturated rings. The van der Waals surface area contributed by atoms with Gasteiger partial charge in [0.1, 0.15) is 0 Å². The summed E-state index contributed by atoms with van der Waals surface area (Å²) in [4.78, 5) is 0. The van der Waals surface area contributed by atoms with Crippen LogP contribution >= 0.6 is 0 Å². The maximum atomic E-state index is 13.4. The second kappa shape index (κ2) is 7.54. The third-order valence-electron chi connectivity index (χ3n) is 5.51. The van der Waals surface area contributed by atoms with Crippen molar-refractivity contribution in [3.05, 3.63) is 33.9 Å². The standard InChI is InChI=1S/C19H29F2N/c1-5-12(3)14(6-2)9-15-10-17(19(20)21)13(4)16-7-8-22-11-18(15)16/h10,12,14,19,22H,5-9,11H2,1-4H3. The normalized spacial score (nSPS) is 17.4. The van der Waals surface area contributed by atoms with Crippen molar-refractivity contribution in [1.82, 2.24) is 5.32 Å². The van der Waals surface area contributed by atoms with E-state index in [9.17, 15) is 8.78 Å². The number of hydrogen-bond donors (Lipinski definition) is 1. The molecule has 0 aromatic heterocycles. The Morgan fingerprint density at radius 3 is 2.50 bits per heavy atom. The predicted octanol–water partition coefficient (Wildman–Crippen LogP) is 5.19. The number of hydrogen-bond acceptors (Lipinski definition) is 1. The van der Waals surface area contributed by atoms with Crippen molar-refractivity contribution < 1.29 is 8.78 Å². The first-order chi connectivity index (χ1) is 10.5. The van der Waals surface area contributed by atoms with Gasteiger partial charge in [-0.3, -0.25) is 0 Å². The highest BCUT2D eigenvalue weighted by Gasteiger charge is 2.24. The van der Waals surface area contributed by atoms with Gasteiger partial charge in [0, 0.05) is 12.1 Å². The molecule has 1 nitrogen and oxygen atoms in total. The maximum Gasteiger partial charge on any atom is 0.264 e. The van der Waals surface area contributed by atoms with Gasteiger partial charge in [-0.25, -0.2) is 8.78 Å². The highest BCUT2D eigenvalue weighted by Crippen LogP contribution is 2.34. The second-order valence-electron chi connectivity index (χ2n) is 6.69. The third kappa shape index (κ3) is 3.51. The molecule has 1 aromatic rings. The molecule has 1 aliphatic rings. The van der Waals surface area contributed by atoms with E-state index in [2.05, 4.69) is 26.1 Å². The molecule has 1 heterocycles. The summed E-state index contributed by atoms with van der Waals surface area (Å²) in [5.41, 5.74) is 4.66. The monoisotopic (exact) mass is 309 g/mol. The number of fused-ring (bicyclic) bond motifs is 1. The number of halogens is 2. The van der Waals surface area contributed by atoms with E-state index in [0.29, 0.717) is 11.8 Å². The first-order valence-corrected chi connectivity index (χ1v) is 8.62. The average molecular weight is 309 g/mol. The summed E-state index contributed by atoms with van der Waals surface area (Å²) in [6, 6.07) is 1.79. The van der Waals surface area contributed by atoms with Crippen LogP contribution in [0.4, 0.5) is 8.78 Å². The lowest BCUT2D eigenvalue weighted by atomic mass is 9.80. The number of benzene rings is 1. The molecule has 2 atom stereocenters. The van der Waals surface area contributed by atoms with E-state index in [0.717, 1.165) is 49.9 Å². The van der Waals surface area contributed by atoms with Crippen LogP contribution in [-0.2, 0) is 19.4 Å². The van der Waals surface area contributed by atoms with E-state index < -0.39 is 6.43 Å². The van der Waals surface area contributed by atoms with Gasteiger partial charge in [0.15, 0.2) is 0 Å². The van der Waals surface area contributed by atoms with Gasteiger partial charge in [0.25, 0.3) is 6.43 Å². The van der Waals surface area contributed by atoms with Gasteiger partial charge in [-0.1, -0.05) is 33.6 Å². The average Bonchev–Trinajstić information content (AvgIpc) is 2.53. The minimum Gasteiger partial charge on any atom is -0.312 e. The fourth-order valence-corrected chi connectivity index (χ4v) is 3.74.